The van der Waals surface area contributed by atoms with E-state index in [1.165, 1.54) is 17.8 Å². The lowest BCUT2D eigenvalue weighted by molar-refractivity contribution is -0.113. The van der Waals surface area contributed by atoms with Crippen molar-refractivity contribution in [2.45, 2.75) is 12.1 Å². The highest BCUT2D eigenvalue weighted by Gasteiger charge is 2.11. The van der Waals surface area contributed by atoms with Crippen molar-refractivity contribution < 1.29 is 9.18 Å². The fourth-order valence-corrected chi connectivity index (χ4v) is 3.15. The molecule has 2 heterocycles. The Morgan fingerprint density at radius 1 is 1.23 bits per heavy atom. The number of para-hydroxylation sites is 1. The van der Waals surface area contributed by atoms with E-state index >= 15 is 0 Å². The zero-order chi connectivity index (χ0) is 18.1. The van der Waals surface area contributed by atoms with Crippen molar-refractivity contribution in [2.24, 2.45) is 0 Å². The van der Waals surface area contributed by atoms with Gasteiger partial charge in [-0.1, -0.05) is 36.0 Å². The predicted octanol–water partition coefficient (Wildman–Crippen LogP) is 3.68. The van der Waals surface area contributed by atoms with Crippen LogP contribution < -0.4 is 5.32 Å². The molecule has 0 fully saturated rings. The lowest BCUT2D eigenvalue weighted by Gasteiger charge is -2.05. The van der Waals surface area contributed by atoms with Crippen molar-refractivity contribution in [1.29, 1.82) is 0 Å². The summed E-state index contributed by atoms with van der Waals surface area (Å²) in [4.78, 5) is 19.6. The highest BCUT2D eigenvalue weighted by molar-refractivity contribution is 7.99. The van der Waals surface area contributed by atoms with Gasteiger partial charge in [-0.25, -0.2) is 9.37 Å². The summed E-state index contributed by atoms with van der Waals surface area (Å²) in [6, 6.07) is 12.3. The predicted molar refractivity (Wildman–Crippen MR) is 99.7 cm³/mol. The second kappa shape index (κ2) is 6.72. The molecule has 4 aromatic rings. The van der Waals surface area contributed by atoms with Gasteiger partial charge in [-0.15, -0.1) is 10.2 Å². The Labute approximate surface area is 152 Å². The molecule has 1 amide bonds. The van der Waals surface area contributed by atoms with E-state index < -0.39 is 0 Å². The van der Waals surface area contributed by atoms with Gasteiger partial charge in [0.1, 0.15) is 11.3 Å². The third kappa shape index (κ3) is 3.23. The highest BCUT2D eigenvalue weighted by atomic mass is 32.2. The number of fused-ring (bicyclic) bond motifs is 3. The lowest BCUT2D eigenvalue weighted by atomic mass is 10.2. The molecule has 0 aliphatic rings. The molecule has 0 aliphatic carbocycles. The number of benzene rings is 2. The standard InChI is InChI=1S/C18H14FN5OS/c1-10-6-7-11(8-13(10)19)20-15(25)9-26-18-22-17-16(23-24-18)12-4-2-3-5-14(12)21-17/h2-8H,9H2,1H3,(H,20,25)(H,21,22,24). The number of hydrogen-bond acceptors (Lipinski definition) is 5. The Balaban J connectivity index is 1.46. The van der Waals surface area contributed by atoms with Gasteiger partial charge in [-0.2, -0.15) is 0 Å². The van der Waals surface area contributed by atoms with Crippen LogP contribution in [0.3, 0.4) is 0 Å². The van der Waals surface area contributed by atoms with Crippen LogP contribution in [0.1, 0.15) is 5.56 Å². The molecule has 130 valence electrons. The molecular weight excluding hydrogens is 353 g/mol. The van der Waals surface area contributed by atoms with Crippen LogP contribution in [0.2, 0.25) is 0 Å². The van der Waals surface area contributed by atoms with Gasteiger partial charge in [0.15, 0.2) is 5.65 Å². The summed E-state index contributed by atoms with van der Waals surface area (Å²) in [7, 11) is 0. The summed E-state index contributed by atoms with van der Waals surface area (Å²) in [5.74, 6) is -0.519. The van der Waals surface area contributed by atoms with Crippen molar-refractivity contribution in [2.75, 3.05) is 11.1 Å². The van der Waals surface area contributed by atoms with Crippen LogP contribution in [0.25, 0.3) is 22.1 Å². The minimum absolute atomic E-state index is 0.100. The molecule has 0 saturated heterocycles. The van der Waals surface area contributed by atoms with Gasteiger partial charge in [0.05, 0.1) is 5.75 Å². The number of amides is 1. The number of aromatic amines is 1. The first kappa shape index (κ1) is 16.5. The fraction of sp³-hybridized carbons (Fsp3) is 0.111. The average Bonchev–Trinajstić information content (AvgIpc) is 3.01. The van der Waals surface area contributed by atoms with Crippen LogP contribution in [-0.4, -0.2) is 31.8 Å². The second-order valence-electron chi connectivity index (χ2n) is 5.76. The molecule has 0 bridgehead atoms. The molecular formula is C18H14FN5OS. The van der Waals surface area contributed by atoms with E-state index in [0.29, 0.717) is 27.6 Å². The Kier molecular flexibility index (Phi) is 4.26. The number of thioether (sulfide) groups is 1. The molecule has 4 rings (SSSR count). The zero-order valence-electron chi connectivity index (χ0n) is 13.8. The zero-order valence-corrected chi connectivity index (χ0v) is 14.6. The van der Waals surface area contributed by atoms with Gasteiger partial charge in [0.2, 0.25) is 11.1 Å². The number of aromatic nitrogens is 4. The number of anilines is 1. The third-order valence-electron chi connectivity index (χ3n) is 3.89. The Morgan fingerprint density at radius 2 is 2.08 bits per heavy atom. The number of carbonyl (C=O) groups is 1. The van der Waals surface area contributed by atoms with Crippen LogP contribution in [0.15, 0.2) is 47.6 Å². The van der Waals surface area contributed by atoms with Gasteiger partial charge in [0, 0.05) is 16.6 Å². The Morgan fingerprint density at radius 3 is 2.92 bits per heavy atom. The molecule has 0 atom stereocenters. The number of halogens is 1. The van der Waals surface area contributed by atoms with E-state index in [0.717, 1.165) is 10.9 Å². The maximum Gasteiger partial charge on any atom is 0.234 e. The number of H-pyrrole nitrogens is 1. The molecule has 2 aromatic heterocycles. The lowest BCUT2D eigenvalue weighted by Crippen LogP contribution is -2.14. The van der Waals surface area contributed by atoms with Crippen molar-refractivity contribution in [3.8, 4) is 0 Å². The van der Waals surface area contributed by atoms with Crippen LogP contribution in [-0.2, 0) is 4.79 Å². The minimum atomic E-state index is -0.354. The van der Waals surface area contributed by atoms with Crippen LogP contribution in [0.5, 0.6) is 0 Å². The molecule has 2 N–H and O–H groups in total. The normalized spacial score (nSPS) is 11.2. The van der Waals surface area contributed by atoms with E-state index in [9.17, 15) is 9.18 Å². The Bertz CT molecular complexity index is 1130. The van der Waals surface area contributed by atoms with E-state index in [1.807, 2.05) is 24.3 Å². The largest absolute Gasteiger partial charge is 0.338 e. The summed E-state index contributed by atoms with van der Waals surface area (Å²) in [6.07, 6.45) is 0. The Hall–Kier alpha value is -3.00. The number of nitrogens with one attached hydrogen (secondary N) is 2. The number of carbonyl (C=O) groups excluding carboxylic acids is 1. The maximum atomic E-state index is 13.5. The molecule has 0 unspecified atom stereocenters. The summed E-state index contributed by atoms with van der Waals surface area (Å²) in [5.41, 5.74) is 3.21. The molecule has 2 aromatic carbocycles. The van der Waals surface area contributed by atoms with Crippen LogP contribution >= 0.6 is 11.8 Å². The van der Waals surface area contributed by atoms with Crippen molar-refractivity contribution in [1.82, 2.24) is 20.2 Å². The molecule has 0 saturated carbocycles. The van der Waals surface area contributed by atoms with E-state index in [1.54, 1.807) is 19.1 Å². The molecule has 8 heteroatoms. The van der Waals surface area contributed by atoms with Gasteiger partial charge < -0.3 is 10.3 Å². The van der Waals surface area contributed by atoms with Gasteiger partial charge in [0.25, 0.3) is 0 Å². The monoisotopic (exact) mass is 367 g/mol. The van der Waals surface area contributed by atoms with E-state index in [4.69, 9.17) is 0 Å². The summed E-state index contributed by atoms with van der Waals surface area (Å²) in [5, 5.41) is 12.3. The number of nitrogens with zero attached hydrogens (tertiary/aromatic N) is 3. The molecule has 26 heavy (non-hydrogen) atoms. The first-order chi connectivity index (χ1) is 12.6. The van der Waals surface area contributed by atoms with E-state index in [2.05, 4.69) is 25.5 Å². The first-order valence-corrected chi connectivity index (χ1v) is 8.88. The van der Waals surface area contributed by atoms with Crippen LogP contribution in [0, 0.1) is 12.7 Å². The van der Waals surface area contributed by atoms with Gasteiger partial charge >= 0.3 is 0 Å². The smallest absolute Gasteiger partial charge is 0.234 e. The first-order valence-electron chi connectivity index (χ1n) is 7.90. The average molecular weight is 367 g/mol. The van der Waals surface area contributed by atoms with Crippen molar-refractivity contribution in [3.05, 3.63) is 53.8 Å². The van der Waals surface area contributed by atoms with Crippen LogP contribution in [0.4, 0.5) is 10.1 Å². The maximum absolute atomic E-state index is 13.5. The number of aryl methyl sites for hydroxylation is 1. The molecule has 0 spiro atoms. The number of hydrogen-bond donors (Lipinski definition) is 2. The van der Waals surface area contributed by atoms with Crippen molar-refractivity contribution >= 4 is 45.4 Å². The van der Waals surface area contributed by atoms with E-state index in [-0.39, 0.29) is 17.5 Å². The molecule has 0 aliphatic heterocycles. The third-order valence-corrected chi connectivity index (χ3v) is 4.73. The van der Waals surface area contributed by atoms with Gasteiger partial charge in [-0.05, 0) is 30.7 Å². The fourth-order valence-electron chi connectivity index (χ4n) is 2.56. The minimum Gasteiger partial charge on any atom is -0.338 e. The summed E-state index contributed by atoms with van der Waals surface area (Å²) in [6.45, 7) is 1.67. The summed E-state index contributed by atoms with van der Waals surface area (Å²) >= 11 is 1.17. The van der Waals surface area contributed by atoms with Crippen molar-refractivity contribution in [3.63, 3.8) is 0 Å². The SMILES string of the molecule is Cc1ccc(NC(=O)CSc2nnc3c(n2)[nH]c2ccccc23)cc1F. The molecule has 6 nitrogen and oxygen atoms in total. The number of rotatable bonds is 4. The molecule has 0 radical (unpaired) electrons. The van der Waals surface area contributed by atoms with Gasteiger partial charge in [-0.3, -0.25) is 4.79 Å². The quantitative estimate of drug-likeness (QED) is 0.538. The topological polar surface area (TPSA) is 83.6 Å². The highest BCUT2D eigenvalue weighted by Crippen LogP contribution is 2.23. The summed E-state index contributed by atoms with van der Waals surface area (Å²) < 4.78 is 13.5. The second-order valence-corrected chi connectivity index (χ2v) is 6.71.